The molecular formula is C14H22BrN3O. The van der Waals surface area contributed by atoms with Gasteiger partial charge in [-0.3, -0.25) is 9.36 Å². The highest BCUT2D eigenvalue weighted by Crippen LogP contribution is 2.17. The molecule has 5 heteroatoms. The van der Waals surface area contributed by atoms with Crippen molar-refractivity contribution in [3.63, 3.8) is 0 Å². The molecule has 1 aliphatic carbocycles. The molecule has 0 aromatic carbocycles. The van der Waals surface area contributed by atoms with Crippen LogP contribution >= 0.6 is 15.9 Å². The lowest BCUT2D eigenvalue weighted by atomic mass is 9.95. The van der Waals surface area contributed by atoms with E-state index in [2.05, 4.69) is 26.2 Å². The SMILES string of the molecule is Cc1ncn(CCCNC2CCCCC2)c(=O)c1Br. The van der Waals surface area contributed by atoms with E-state index in [1.807, 2.05) is 6.92 Å². The molecular weight excluding hydrogens is 306 g/mol. The lowest BCUT2D eigenvalue weighted by Gasteiger charge is -2.22. The Balaban J connectivity index is 1.76. The molecule has 19 heavy (non-hydrogen) atoms. The first-order chi connectivity index (χ1) is 9.18. The van der Waals surface area contributed by atoms with Crippen molar-refractivity contribution in [2.24, 2.45) is 0 Å². The van der Waals surface area contributed by atoms with Gasteiger partial charge in [-0.2, -0.15) is 0 Å². The highest BCUT2D eigenvalue weighted by Gasteiger charge is 2.12. The molecule has 0 saturated heterocycles. The smallest absolute Gasteiger partial charge is 0.267 e. The number of hydrogen-bond donors (Lipinski definition) is 1. The van der Waals surface area contributed by atoms with Crippen LogP contribution < -0.4 is 10.9 Å². The van der Waals surface area contributed by atoms with Gasteiger partial charge in [0.2, 0.25) is 0 Å². The van der Waals surface area contributed by atoms with Gasteiger partial charge in [-0.05, 0) is 48.7 Å². The molecule has 4 nitrogen and oxygen atoms in total. The summed E-state index contributed by atoms with van der Waals surface area (Å²) >= 11 is 3.29. The van der Waals surface area contributed by atoms with Gasteiger partial charge in [0, 0.05) is 12.6 Å². The normalized spacial score (nSPS) is 16.7. The zero-order valence-corrected chi connectivity index (χ0v) is 13.1. The molecule has 0 radical (unpaired) electrons. The van der Waals surface area contributed by atoms with Gasteiger partial charge in [-0.1, -0.05) is 19.3 Å². The quantitative estimate of drug-likeness (QED) is 0.845. The van der Waals surface area contributed by atoms with Gasteiger partial charge >= 0.3 is 0 Å². The summed E-state index contributed by atoms with van der Waals surface area (Å²) in [5.74, 6) is 0. The van der Waals surface area contributed by atoms with Crippen LogP contribution in [0.4, 0.5) is 0 Å². The first-order valence-corrected chi connectivity index (χ1v) is 7.92. The second-order valence-electron chi connectivity index (χ2n) is 5.29. The first kappa shape index (κ1) is 14.7. The fraction of sp³-hybridized carbons (Fsp3) is 0.714. The van der Waals surface area contributed by atoms with E-state index < -0.39 is 0 Å². The lowest BCUT2D eigenvalue weighted by molar-refractivity contribution is 0.368. The maximum atomic E-state index is 11.9. The molecule has 1 fully saturated rings. The Kier molecular flexibility index (Phi) is 5.58. The summed E-state index contributed by atoms with van der Waals surface area (Å²) in [6, 6.07) is 0.688. The fourth-order valence-electron chi connectivity index (χ4n) is 2.57. The van der Waals surface area contributed by atoms with E-state index in [1.165, 1.54) is 32.1 Å². The summed E-state index contributed by atoms with van der Waals surface area (Å²) in [6.45, 7) is 3.54. The van der Waals surface area contributed by atoms with Crippen LogP contribution in [-0.4, -0.2) is 22.1 Å². The van der Waals surface area contributed by atoms with Crippen LogP contribution in [0.5, 0.6) is 0 Å². The van der Waals surface area contributed by atoms with Crippen LogP contribution in [-0.2, 0) is 6.54 Å². The zero-order chi connectivity index (χ0) is 13.7. The summed E-state index contributed by atoms with van der Waals surface area (Å²) in [6.07, 6.45) is 9.31. The van der Waals surface area contributed by atoms with E-state index >= 15 is 0 Å². The lowest BCUT2D eigenvalue weighted by Crippen LogP contribution is -2.32. The standard InChI is InChI=1S/C14H22BrN3O/c1-11-13(15)14(19)18(10-17-11)9-5-8-16-12-6-3-2-4-7-12/h10,12,16H,2-9H2,1H3. The summed E-state index contributed by atoms with van der Waals surface area (Å²) in [5.41, 5.74) is 0.770. The maximum Gasteiger partial charge on any atom is 0.267 e. The van der Waals surface area contributed by atoms with Gasteiger partial charge in [0.1, 0.15) is 4.47 Å². The average Bonchev–Trinajstić information content (AvgIpc) is 2.44. The minimum Gasteiger partial charge on any atom is -0.314 e. The molecule has 0 aliphatic heterocycles. The average molecular weight is 328 g/mol. The van der Waals surface area contributed by atoms with Crippen LogP contribution in [0.2, 0.25) is 0 Å². The van der Waals surface area contributed by atoms with Crippen molar-refractivity contribution in [3.05, 3.63) is 26.8 Å². The largest absolute Gasteiger partial charge is 0.314 e. The summed E-state index contributed by atoms with van der Waals surface area (Å²) in [4.78, 5) is 16.1. The molecule has 1 aromatic heterocycles. The van der Waals surface area contributed by atoms with Crippen molar-refractivity contribution in [2.45, 2.75) is 58.0 Å². The minimum atomic E-state index is 0.0187. The Morgan fingerprint density at radius 1 is 1.42 bits per heavy atom. The molecule has 0 unspecified atom stereocenters. The van der Waals surface area contributed by atoms with Crippen LogP contribution in [0.3, 0.4) is 0 Å². The Morgan fingerprint density at radius 3 is 2.89 bits per heavy atom. The molecule has 1 aromatic rings. The van der Waals surface area contributed by atoms with Crippen molar-refractivity contribution in [1.82, 2.24) is 14.9 Å². The van der Waals surface area contributed by atoms with E-state index in [-0.39, 0.29) is 5.56 Å². The van der Waals surface area contributed by atoms with E-state index in [1.54, 1.807) is 10.9 Å². The summed E-state index contributed by atoms with van der Waals surface area (Å²) < 4.78 is 2.26. The number of aryl methyl sites for hydroxylation is 2. The van der Waals surface area contributed by atoms with Crippen molar-refractivity contribution < 1.29 is 0 Å². The molecule has 1 N–H and O–H groups in total. The summed E-state index contributed by atoms with van der Waals surface area (Å²) in [5, 5.41) is 3.59. The molecule has 0 atom stereocenters. The third-order valence-electron chi connectivity index (χ3n) is 3.77. The molecule has 2 rings (SSSR count). The maximum absolute atomic E-state index is 11.9. The van der Waals surface area contributed by atoms with Crippen molar-refractivity contribution >= 4 is 15.9 Å². The molecule has 0 spiro atoms. The third-order valence-corrected chi connectivity index (χ3v) is 4.68. The monoisotopic (exact) mass is 327 g/mol. The number of halogens is 1. The number of nitrogens with zero attached hydrogens (tertiary/aromatic N) is 2. The second-order valence-corrected chi connectivity index (χ2v) is 6.08. The summed E-state index contributed by atoms with van der Waals surface area (Å²) in [7, 11) is 0. The van der Waals surface area contributed by atoms with Crippen LogP contribution in [0, 0.1) is 6.92 Å². The topological polar surface area (TPSA) is 46.9 Å². The Hall–Kier alpha value is -0.680. The zero-order valence-electron chi connectivity index (χ0n) is 11.5. The predicted molar refractivity (Wildman–Crippen MR) is 80.4 cm³/mol. The van der Waals surface area contributed by atoms with Crippen LogP contribution in [0.25, 0.3) is 0 Å². The van der Waals surface area contributed by atoms with Crippen molar-refractivity contribution in [3.8, 4) is 0 Å². The predicted octanol–water partition coefficient (Wildman–Crippen LogP) is 2.63. The molecule has 1 aliphatic rings. The number of hydrogen-bond acceptors (Lipinski definition) is 3. The fourth-order valence-corrected chi connectivity index (χ4v) is 2.90. The van der Waals surface area contributed by atoms with Gasteiger partial charge < -0.3 is 5.32 Å². The van der Waals surface area contributed by atoms with E-state index in [4.69, 9.17) is 0 Å². The Bertz CT molecular complexity index is 466. The molecule has 0 amide bonds. The van der Waals surface area contributed by atoms with Gasteiger partial charge in [0.25, 0.3) is 5.56 Å². The number of nitrogens with one attached hydrogen (secondary N) is 1. The van der Waals surface area contributed by atoms with Gasteiger partial charge in [-0.15, -0.1) is 0 Å². The molecule has 0 bridgehead atoms. The molecule has 1 saturated carbocycles. The minimum absolute atomic E-state index is 0.0187. The molecule has 106 valence electrons. The second kappa shape index (κ2) is 7.20. The number of aromatic nitrogens is 2. The highest BCUT2D eigenvalue weighted by atomic mass is 79.9. The van der Waals surface area contributed by atoms with Gasteiger partial charge in [0.05, 0.1) is 12.0 Å². The first-order valence-electron chi connectivity index (χ1n) is 7.13. The Morgan fingerprint density at radius 2 is 2.16 bits per heavy atom. The van der Waals surface area contributed by atoms with Gasteiger partial charge in [0.15, 0.2) is 0 Å². The van der Waals surface area contributed by atoms with Crippen molar-refractivity contribution in [1.29, 1.82) is 0 Å². The third kappa shape index (κ3) is 4.14. The van der Waals surface area contributed by atoms with Gasteiger partial charge in [-0.25, -0.2) is 4.98 Å². The highest BCUT2D eigenvalue weighted by molar-refractivity contribution is 9.10. The molecule has 1 heterocycles. The van der Waals surface area contributed by atoms with E-state index in [0.717, 1.165) is 25.2 Å². The van der Waals surface area contributed by atoms with E-state index in [9.17, 15) is 4.79 Å². The van der Waals surface area contributed by atoms with Crippen LogP contribution in [0.15, 0.2) is 15.6 Å². The number of rotatable bonds is 5. The Labute approximate surface area is 122 Å². The van der Waals surface area contributed by atoms with Crippen molar-refractivity contribution in [2.75, 3.05) is 6.54 Å². The van der Waals surface area contributed by atoms with E-state index in [0.29, 0.717) is 10.5 Å². The van der Waals surface area contributed by atoms with Crippen LogP contribution in [0.1, 0.15) is 44.2 Å².